The van der Waals surface area contributed by atoms with E-state index < -0.39 is 76.6 Å². The maximum absolute atomic E-state index is 8.72. The van der Waals surface area contributed by atoms with Crippen LogP contribution in [-0.4, -0.2) is 33.3 Å². The Hall–Kier alpha value is -12.4. The molecule has 0 aliphatic heterocycles. The summed E-state index contributed by atoms with van der Waals surface area (Å²) in [5, 5.41) is 14.1. The lowest BCUT2D eigenvalue weighted by Gasteiger charge is -2.40. The maximum atomic E-state index is 8.72. The van der Waals surface area contributed by atoms with Crippen molar-refractivity contribution in [3.63, 3.8) is 0 Å². The lowest BCUT2D eigenvalue weighted by atomic mass is 9.71. The minimum absolute atomic E-state index is 0.259. The number of benzene rings is 16. The van der Waals surface area contributed by atoms with Gasteiger partial charge in [0.1, 0.15) is 23.0 Å². The summed E-state index contributed by atoms with van der Waals surface area (Å²) < 4.78 is 34.9. The molecule has 0 aromatic heterocycles. The molecule has 16 aromatic carbocycles. The van der Waals surface area contributed by atoms with Gasteiger partial charge < -0.3 is 17.7 Å². The van der Waals surface area contributed by atoms with Crippen molar-refractivity contribution >= 4 is 95.5 Å². The molecule has 0 aliphatic carbocycles. The highest BCUT2D eigenvalue weighted by atomic mass is 28.4. The van der Waals surface area contributed by atoms with E-state index in [0.29, 0.717) is 12.8 Å². The van der Waals surface area contributed by atoms with Gasteiger partial charge in [-0.1, -0.05) is 579 Å². The SMILES string of the molecule is CC(C)(C)c1cc(C(CCC(c2cc(C(C)(C)C)c(O[Si](c3ccccc3)(c3ccccc3)c3ccccc3)c(C(C)(C)C)c2)c2cc(C(C)(C)C)c(O[Si](c3ccccc3)(c3ccccc3)c3ccccc3)c(C(C)(C)C)c2)c2cc(C(C)(C)C)c(O[Si](c3ccccc3)(c3ccccc3)c3ccccc3)c(C(C)(C)C)c2)cc(C(C)(C)C)c1O[Si](c1ccccc1)(c1ccccc1)c1ccccc1. The first kappa shape index (κ1) is 101. The molecule has 0 saturated heterocycles. The normalized spacial score (nSPS) is 12.9. The average Bonchev–Trinajstić information content (AvgIpc) is 0.733. The standard InChI is InChI=1S/C132H146O4Si4/c1-125(2,3)113-87-95(88-114(126(4,5)6)121(113)133-137(99-61-37-25-38-62-99,100-63-39-26-40-64-100)101-65-41-27-42-66-101)111(96-89-115(127(7,8)9)122(116(90-96)128(10,11)12)134-138(102-67-43-28-44-68-102,103-69-45-29-46-70-103)104-71-47-30-48-72-104)85-86-112(97-91-117(129(13,14)15)123(118(92-97)130(16,17)18)135-139(105-73-49-31-50-74-105,106-75-51-32-52-76-106)107-77-53-33-54-78-107)98-93-119(131(19,20)21)124(120(94-98)132(22,23)24)136-140(108-79-55-34-56-80-108,109-81-57-35-58-82-109)110-83-59-36-60-84-110/h25-84,87-94,111-112H,85-86H2,1-24H3. The summed E-state index contributed by atoms with van der Waals surface area (Å²) in [4.78, 5) is 0. The summed E-state index contributed by atoms with van der Waals surface area (Å²) in [6, 6.07) is 155. The van der Waals surface area contributed by atoms with Gasteiger partial charge >= 0.3 is 33.3 Å². The third-order valence-corrected chi connectivity index (χ3v) is 44.2. The second-order valence-electron chi connectivity index (χ2n) is 47.0. The van der Waals surface area contributed by atoms with Crippen LogP contribution >= 0.6 is 0 Å². The Balaban J connectivity index is 1.04. The number of rotatable bonds is 27. The van der Waals surface area contributed by atoms with Crippen LogP contribution in [-0.2, 0) is 43.3 Å². The van der Waals surface area contributed by atoms with Gasteiger partial charge in [0.25, 0.3) is 0 Å². The Morgan fingerprint density at radius 1 is 0.150 bits per heavy atom. The molecular formula is C132H146O4Si4. The van der Waals surface area contributed by atoms with Crippen LogP contribution in [0, 0.1) is 0 Å². The van der Waals surface area contributed by atoms with Gasteiger partial charge in [-0.3, -0.25) is 0 Å². The van der Waals surface area contributed by atoms with E-state index in [1.807, 2.05) is 0 Å². The molecule has 16 rings (SSSR count). The van der Waals surface area contributed by atoms with Gasteiger partial charge in [-0.05, 0) is 185 Å². The molecule has 714 valence electrons. The zero-order chi connectivity index (χ0) is 99.6. The van der Waals surface area contributed by atoms with Gasteiger partial charge in [0.05, 0.1) is 0 Å². The minimum Gasteiger partial charge on any atom is -0.530 e. The predicted molar refractivity (Wildman–Crippen MR) is 607 cm³/mol. The second kappa shape index (κ2) is 39.9. The fraction of sp³-hybridized carbons (Fsp3) is 0.273. The van der Waals surface area contributed by atoms with Crippen LogP contribution in [0.15, 0.2) is 413 Å². The van der Waals surface area contributed by atoms with E-state index in [1.165, 1.54) is 129 Å². The Morgan fingerprint density at radius 2 is 0.243 bits per heavy atom. The summed E-state index contributed by atoms with van der Waals surface area (Å²) >= 11 is 0. The van der Waals surface area contributed by atoms with E-state index in [2.05, 4.69) is 579 Å². The van der Waals surface area contributed by atoms with Crippen molar-refractivity contribution in [3.05, 3.63) is 479 Å². The van der Waals surface area contributed by atoms with Crippen molar-refractivity contribution < 1.29 is 17.7 Å². The largest absolute Gasteiger partial charge is 0.530 e. The van der Waals surface area contributed by atoms with E-state index in [4.69, 9.17) is 17.7 Å². The van der Waals surface area contributed by atoms with E-state index >= 15 is 0 Å². The van der Waals surface area contributed by atoms with Crippen LogP contribution in [0.25, 0.3) is 0 Å². The summed E-state index contributed by atoms with van der Waals surface area (Å²) in [7, 11) is -14.0. The molecule has 4 nitrogen and oxygen atoms in total. The fourth-order valence-electron chi connectivity index (χ4n) is 21.1. The molecule has 0 heterocycles. The van der Waals surface area contributed by atoms with Gasteiger partial charge in [-0.25, -0.2) is 0 Å². The lowest BCUT2D eigenvalue weighted by molar-refractivity contribution is 0.477. The van der Waals surface area contributed by atoms with Gasteiger partial charge in [0, 0.05) is 11.8 Å². The van der Waals surface area contributed by atoms with Crippen LogP contribution in [0.3, 0.4) is 0 Å². The molecule has 0 amide bonds. The van der Waals surface area contributed by atoms with Crippen molar-refractivity contribution in [3.8, 4) is 23.0 Å². The van der Waals surface area contributed by atoms with Crippen molar-refractivity contribution in [2.45, 2.75) is 234 Å². The van der Waals surface area contributed by atoms with Gasteiger partial charge in [-0.15, -0.1) is 0 Å². The van der Waals surface area contributed by atoms with Crippen molar-refractivity contribution in [2.75, 3.05) is 0 Å². The third kappa shape index (κ3) is 20.5. The first-order valence-corrected chi connectivity index (χ1v) is 58.3. The van der Waals surface area contributed by atoms with E-state index in [9.17, 15) is 0 Å². The smallest absolute Gasteiger partial charge is 0.346 e. The second-order valence-corrected chi connectivity index (χ2v) is 60.2. The fourth-order valence-corrected chi connectivity index (χ4v) is 36.5. The van der Waals surface area contributed by atoms with Gasteiger partial charge in [0.2, 0.25) is 0 Å². The van der Waals surface area contributed by atoms with E-state index in [-0.39, 0.29) is 11.8 Å². The molecule has 0 atom stereocenters. The molecule has 0 saturated carbocycles. The zero-order valence-corrected chi connectivity index (χ0v) is 91.5. The molecule has 0 radical (unpaired) electrons. The van der Waals surface area contributed by atoms with Gasteiger partial charge in [-0.2, -0.15) is 0 Å². The molecule has 16 aromatic rings. The highest BCUT2D eigenvalue weighted by molar-refractivity contribution is 7.09. The Morgan fingerprint density at radius 3 is 0.329 bits per heavy atom. The Bertz CT molecular complexity index is 5500. The lowest BCUT2D eigenvalue weighted by Crippen LogP contribution is -2.71. The highest BCUT2D eigenvalue weighted by Gasteiger charge is 2.52. The maximum Gasteiger partial charge on any atom is 0.346 e. The molecule has 0 fully saturated rings. The monoisotopic (exact) mass is 1910 g/mol. The van der Waals surface area contributed by atoms with Crippen LogP contribution in [0.2, 0.25) is 0 Å². The third-order valence-electron chi connectivity index (χ3n) is 28.4. The van der Waals surface area contributed by atoms with Crippen LogP contribution < -0.4 is 79.9 Å². The average molecular weight is 1910 g/mol. The summed E-state index contributed by atoms with van der Waals surface area (Å²) in [5.74, 6) is 3.27. The van der Waals surface area contributed by atoms with Crippen LogP contribution in [0.1, 0.15) is 258 Å². The molecule has 8 heteroatoms. The Kier molecular flexibility index (Phi) is 28.7. The van der Waals surface area contributed by atoms with E-state index in [1.54, 1.807) is 0 Å². The quantitative estimate of drug-likeness (QED) is 0.0380. The first-order valence-electron chi connectivity index (χ1n) is 50.7. The van der Waals surface area contributed by atoms with Crippen molar-refractivity contribution in [1.82, 2.24) is 0 Å². The molecule has 0 bridgehead atoms. The minimum atomic E-state index is -3.49. The Labute approximate surface area is 843 Å². The van der Waals surface area contributed by atoms with E-state index in [0.717, 1.165) is 23.0 Å². The molecule has 0 aliphatic rings. The molecule has 140 heavy (non-hydrogen) atoms. The van der Waals surface area contributed by atoms with Crippen LogP contribution in [0.4, 0.5) is 0 Å². The van der Waals surface area contributed by atoms with Crippen molar-refractivity contribution in [2.24, 2.45) is 0 Å². The predicted octanol–water partition coefficient (Wildman–Crippen LogP) is 26.0. The molecule has 0 N–H and O–H groups in total. The topological polar surface area (TPSA) is 36.9 Å². The molecule has 0 spiro atoms. The molecule has 0 unspecified atom stereocenters. The zero-order valence-electron chi connectivity index (χ0n) is 87.5. The highest BCUT2D eigenvalue weighted by Crippen LogP contribution is 2.53. The first-order chi connectivity index (χ1) is 66.5. The number of hydrogen-bond donors (Lipinski definition) is 0. The number of hydrogen-bond acceptors (Lipinski definition) is 4. The summed E-state index contributed by atoms with van der Waals surface area (Å²) in [5.41, 5.74) is 10.6. The summed E-state index contributed by atoms with van der Waals surface area (Å²) in [6.07, 6.45) is 1.41. The van der Waals surface area contributed by atoms with Crippen molar-refractivity contribution in [1.29, 1.82) is 0 Å². The van der Waals surface area contributed by atoms with Crippen LogP contribution in [0.5, 0.6) is 23.0 Å². The summed E-state index contributed by atoms with van der Waals surface area (Å²) in [6.45, 7) is 57.9. The van der Waals surface area contributed by atoms with Gasteiger partial charge in [0.15, 0.2) is 0 Å². The molecular weight excluding hydrogens is 1760 g/mol.